The van der Waals surface area contributed by atoms with E-state index in [9.17, 15) is 14.7 Å². The van der Waals surface area contributed by atoms with Crippen LogP contribution in [0.25, 0.3) is 0 Å². The first-order valence-corrected chi connectivity index (χ1v) is 7.48. The zero-order chi connectivity index (χ0) is 14.8. The van der Waals surface area contributed by atoms with Gasteiger partial charge in [-0.05, 0) is 47.3 Å². The molecule has 1 unspecified atom stereocenters. The van der Waals surface area contributed by atoms with Gasteiger partial charge in [0.15, 0.2) is 0 Å². The molecule has 1 saturated heterocycles. The topological polar surface area (TPSA) is 70.5 Å². The van der Waals surface area contributed by atoms with Gasteiger partial charge in [-0.25, -0.2) is 9.78 Å². The summed E-state index contributed by atoms with van der Waals surface area (Å²) < 4.78 is 0.590. The van der Waals surface area contributed by atoms with Crippen LogP contribution >= 0.6 is 15.9 Å². The van der Waals surface area contributed by atoms with Crippen molar-refractivity contribution in [1.29, 1.82) is 0 Å². The first-order chi connectivity index (χ1) is 9.53. The van der Waals surface area contributed by atoms with Crippen molar-refractivity contribution in [3.8, 4) is 0 Å². The summed E-state index contributed by atoms with van der Waals surface area (Å²) in [4.78, 5) is 29.9. The Hall–Kier alpha value is -1.43. The molecule has 1 aromatic heterocycles. The number of pyridine rings is 1. The highest BCUT2D eigenvalue weighted by atomic mass is 79.9. The molecule has 108 valence electrons. The monoisotopic (exact) mass is 340 g/mol. The first-order valence-electron chi connectivity index (χ1n) is 6.69. The number of nitrogens with zero attached hydrogens (tertiary/aromatic N) is 2. The lowest BCUT2D eigenvalue weighted by atomic mass is 9.90. The standard InChI is InChI=1S/C14H17BrN2O3/c1-2-6-14(13(19)20)7-4-9-17(14)12(18)11-10(15)5-3-8-16-11/h3,5,8H,2,4,6-7,9H2,1H3,(H,19,20). The largest absolute Gasteiger partial charge is 0.479 e. The predicted molar refractivity (Wildman–Crippen MR) is 77.5 cm³/mol. The Bertz CT molecular complexity index is 535. The highest BCUT2D eigenvalue weighted by Crippen LogP contribution is 2.35. The normalized spacial score (nSPS) is 22.0. The summed E-state index contributed by atoms with van der Waals surface area (Å²) in [5, 5.41) is 9.60. The highest BCUT2D eigenvalue weighted by molar-refractivity contribution is 9.10. The maximum absolute atomic E-state index is 12.6. The molecule has 20 heavy (non-hydrogen) atoms. The third kappa shape index (κ3) is 2.44. The Balaban J connectivity index is 2.38. The van der Waals surface area contributed by atoms with Gasteiger partial charge in [0.2, 0.25) is 0 Å². The second-order valence-electron chi connectivity index (χ2n) is 4.98. The lowest BCUT2D eigenvalue weighted by molar-refractivity contribution is -0.148. The number of aliphatic carboxylic acids is 1. The highest BCUT2D eigenvalue weighted by Gasteiger charge is 2.49. The summed E-state index contributed by atoms with van der Waals surface area (Å²) in [5.41, 5.74) is -0.806. The third-order valence-electron chi connectivity index (χ3n) is 3.76. The molecule has 1 aliphatic heterocycles. The van der Waals surface area contributed by atoms with Gasteiger partial charge >= 0.3 is 5.97 Å². The van der Waals surface area contributed by atoms with Gasteiger partial charge in [0.1, 0.15) is 11.2 Å². The maximum Gasteiger partial charge on any atom is 0.329 e. The number of carbonyl (C=O) groups excluding carboxylic acids is 1. The number of halogens is 1. The van der Waals surface area contributed by atoms with Gasteiger partial charge < -0.3 is 10.0 Å². The minimum absolute atomic E-state index is 0.274. The summed E-state index contributed by atoms with van der Waals surface area (Å²) >= 11 is 3.30. The molecule has 1 N–H and O–H groups in total. The molecule has 1 aliphatic rings. The van der Waals surface area contributed by atoms with Crippen LogP contribution in [0.1, 0.15) is 43.1 Å². The van der Waals surface area contributed by atoms with Gasteiger partial charge in [-0.15, -0.1) is 0 Å². The second kappa shape index (κ2) is 5.91. The van der Waals surface area contributed by atoms with E-state index in [-0.39, 0.29) is 11.6 Å². The van der Waals surface area contributed by atoms with Crippen LogP contribution in [0.3, 0.4) is 0 Å². The van der Waals surface area contributed by atoms with Gasteiger partial charge in [0, 0.05) is 17.2 Å². The molecule has 0 aliphatic carbocycles. The van der Waals surface area contributed by atoms with Crippen LogP contribution in [0, 0.1) is 0 Å². The number of carboxylic acids is 1. The number of carbonyl (C=O) groups is 2. The Kier molecular flexibility index (Phi) is 4.42. The average molecular weight is 341 g/mol. The molecule has 0 saturated carbocycles. The van der Waals surface area contributed by atoms with Crippen LogP contribution in [-0.2, 0) is 4.79 Å². The number of aromatic nitrogens is 1. The van der Waals surface area contributed by atoms with Gasteiger partial charge in [-0.1, -0.05) is 13.3 Å². The van der Waals surface area contributed by atoms with E-state index in [0.29, 0.717) is 30.3 Å². The summed E-state index contributed by atoms with van der Waals surface area (Å²) in [6.45, 7) is 2.40. The Morgan fingerprint density at radius 1 is 1.55 bits per heavy atom. The molecule has 2 heterocycles. The molecule has 0 aromatic carbocycles. The molecule has 5 nitrogen and oxygen atoms in total. The summed E-state index contributed by atoms with van der Waals surface area (Å²) in [6.07, 6.45) is 3.95. The average Bonchev–Trinajstić information content (AvgIpc) is 2.84. The number of amides is 1. The fourth-order valence-corrected chi connectivity index (χ4v) is 3.27. The number of carboxylic acid groups (broad SMARTS) is 1. The summed E-state index contributed by atoms with van der Waals surface area (Å²) in [5.74, 6) is -1.23. The van der Waals surface area contributed by atoms with Crippen molar-refractivity contribution < 1.29 is 14.7 Å². The van der Waals surface area contributed by atoms with E-state index in [4.69, 9.17) is 0 Å². The minimum Gasteiger partial charge on any atom is -0.479 e. The van der Waals surface area contributed by atoms with Crippen LogP contribution in [0.15, 0.2) is 22.8 Å². The fraction of sp³-hybridized carbons (Fsp3) is 0.500. The second-order valence-corrected chi connectivity index (χ2v) is 5.84. The summed E-state index contributed by atoms with van der Waals surface area (Å²) in [7, 11) is 0. The van der Waals surface area contributed by atoms with Crippen LogP contribution in [0.2, 0.25) is 0 Å². The molecule has 1 amide bonds. The van der Waals surface area contributed by atoms with E-state index in [1.807, 2.05) is 6.92 Å². The molecular formula is C14H17BrN2O3. The van der Waals surface area contributed by atoms with Crippen molar-refractivity contribution >= 4 is 27.8 Å². The number of likely N-dealkylation sites (tertiary alicyclic amines) is 1. The van der Waals surface area contributed by atoms with Gasteiger partial charge in [-0.2, -0.15) is 0 Å². The van der Waals surface area contributed by atoms with E-state index < -0.39 is 11.5 Å². The third-order valence-corrected chi connectivity index (χ3v) is 4.40. The quantitative estimate of drug-likeness (QED) is 0.914. The number of rotatable bonds is 4. The maximum atomic E-state index is 12.6. The summed E-state index contributed by atoms with van der Waals surface area (Å²) in [6, 6.07) is 3.46. The molecule has 1 aromatic rings. The van der Waals surface area contributed by atoms with Crippen molar-refractivity contribution in [2.45, 2.75) is 38.1 Å². The zero-order valence-corrected chi connectivity index (χ0v) is 12.9. The van der Waals surface area contributed by atoms with Crippen LogP contribution in [0.5, 0.6) is 0 Å². The molecule has 1 atom stereocenters. The van der Waals surface area contributed by atoms with E-state index in [0.717, 1.165) is 6.42 Å². The smallest absolute Gasteiger partial charge is 0.329 e. The van der Waals surface area contributed by atoms with Crippen molar-refractivity contribution in [2.75, 3.05) is 6.54 Å². The number of hydrogen-bond donors (Lipinski definition) is 1. The molecule has 0 bridgehead atoms. The predicted octanol–water partition coefficient (Wildman–Crippen LogP) is 2.70. The SMILES string of the molecule is CCCC1(C(=O)O)CCCN1C(=O)c1ncccc1Br. The molecule has 0 spiro atoms. The van der Waals surface area contributed by atoms with Crippen molar-refractivity contribution in [3.63, 3.8) is 0 Å². The van der Waals surface area contributed by atoms with Crippen molar-refractivity contribution in [1.82, 2.24) is 9.88 Å². The molecule has 2 rings (SSSR count). The number of hydrogen-bond acceptors (Lipinski definition) is 3. The Morgan fingerprint density at radius 3 is 2.90 bits per heavy atom. The van der Waals surface area contributed by atoms with E-state index >= 15 is 0 Å². The Labute approximate surface area is 126 Å². The van der Waals surface area contributed by atoms with Crippen LogP contribution in [-0.4, -0.2) is 39.0 Å². The van der Waals surface area contributed by atoms with Crippen LogP contribution in [0.4, 0.5) is 0 Å². The minimum atomic E-state index is -1.08. The van der Waals surface area contributed by atoms with Gasteiger partial charge in [0.25, 0.3) is 5.91 Å². The fourth-order valence-electron chi connectivity index (χ4n) is 2.85. The van der Waals surface area contributed by atoms with E-state index in [1.54, 1.807) is 12.1 Å². The first kappa shape index (κ1) is 15.0. The molecule has 6 heteroatoms. The molecular weight excluding hydrogens is 324 g/mol. The van der Waals surface area contributed by atoms with E-state index in [2.05, 4.69) is 20.9 Å². The van der Waals surface area contributed by atoms with Gasteiger partial charge in [0.05, 0.1) is 0 Å². The molecule has 0 radical (unpaired) electrons. The lowest BCUT2D eigenvalue weighted by Crippen LogP contribution is -2.53. The van der Waals surface area contributed by atoms with Crippen molar-refractivity contribution in [2.24, 2.45) is 0 Å². The molecule has 1 fully saturated rings. The van der Waals surface area contributed by atoms with Gasteiger partial charge in [-0.3, -0.25) is 4.79 Å². The Morgan fingerprint density at radius 2 is 2.30 bits per heavy atom. The van der Waals surface area contributed by atoms with E-state index in [1.165, 1.54) is 11.1 Å². The van der Waals surface area contributed by atoms with Crippen molar-refractivity contribution in [3.05, 3.63) is 28.5 Å². The lowest BCUT2D eigenvalue weighted by Gasteiger charge is -2.34. The van der Waals surface area contributed by atoms with Crippen LogP contribution < -0.4 is 0 Å². The zero-order valence-electron chi connectivity index (χ0n) is 11.3.